The topological polar surface area (TPSA) is 64.6 Å². The highest BCUT2D eigenvalue weighted by Gasteiger charge is 2.35. The summed E-state index contributed by atoms with van der Waals surface area (Å²) in [6.45, 7) is 6.44. The molecule has 0 aromatic carbocycles. The predicted octanol–water partition coefficient (Wildman–Crippen LogP) is 6.01. The van der Waals surface area contributed by atoms with Crippen molar-refractivity contribution in [2.24, 2.45) is 0 Å². The third-order valence-corrected chi connectivity index (χ3v) is 21.2. The lowest BCUT2D eigenvalue weighted by Gasteiger charge is -2.32. The maximum atomic E-state index is 6.38. The molecule has 0 saturated heterocycles. The van der Waals surface area contributed by atoms with Crippen molar-refractivity contribution in [3.8, 4) is 0 Å². The maximum absolute atomic E-state index is 6.38. The minimum atomic E-state index is -2.00. The lowest BCUT2D eigenvalue weighted by molar-refractivity contribution is 0.248. The molecule has 0 aliphatic carbocycles. The molecule has 11 heteroatoms. The molecule has 200 valence electrons. The molecule has 0 rings (SSSR count). The molecule has 0 fully saturated rings. The zero-order chi connectivity index (χ0) is 25.4. The first kappa shape index (κ1) is 33.6. The minimum Gasteiger partial charge on any atom is -0.420 e. The Morgan fingerprint density at radius 1 is 0.333 bits per heavy atom. The van der Waals surface area contributed by atoms with Gasteiger partial charge in [-0.3, -0.25) is 0 Å². The predicted molar refractivity (Wildman–Crippen MR) is 146 cm³/mol. The van der Waals surface area contributed by atoms with Gasteiger partial charge >= 0.3 is 25.7 Å². The molecule has 0 amide bonds. The van der Waals surface area contributed by atoms with Gasteiger partial charge in [-0.1, -0.05) is 38.5 Å². The fourth-order valence-corrected chi connectivity index (χ4v) is 12.7. The maximum Gasteiger partial charge on any atom is 0.334 e. The van der Waals surface area contributed by atoms with Gasteiger partial charge in [0, 0.05) is 49.8 Å². The van der Waals surface area contributed by atoms with Gasteiger partial charge in [0.05, 0.1) is 0 Å². The van der Waals surface area contributed by atoms with E-state index in [9.17, 15) is 0 Å². The second-order valence-electron chi connectivity index (χ2n) is 9.63. The molecule has 0 N–H and O–H groups in total. The normalized spacial score (nSPS) is 13.6. The van der Waals surface area contributed by atoms with Crippen molar-refractivity contribution in [1.82, 2.24) is 0 Å². The second kappa shape index (κ2) is 17.1. The van der Waals surface area contributed by atoms with Gasteiger partial charge in [0.2, 0.25) is 0 Å². The molecule has 0 aromatic rings. The highest BCUT2D eigenvalue weighted by Crippen LogP contribution is 2.32. The fourth-order valence-electron chi connectivity index (χ4n) is 4.22. The fraction of sp³-hybridized carbons (Fsp3) is 1.00. The zero-order valence-corrected chi connectivity index (χ0v) is 27.3. The van der Waals surface area contributed by atoms with E-state index in [0.29, 0.717) is 0 Å². The van der Waals surface area contributed by atoms with E-state index in [-0.39, 0.29) is 0 Å². The van der Waals surface area contributed by atoms with Crippen LogP contribution in [0.5, 0.6) is 0 Å². The Morgan fingerprint density at radius 3 is 0.727 bits per heavy atom. The van der Waals surface area contributed by atoms with Crippen molar-refractivity contribution in [3.05, 3.63) is 0 Å². The Labute approximate surface area is 209 Å². The summed E-state index contributed by atoms with van der Waals surface area (Å²) in [4.78, 5) is 0. The molecule has 0 unspecified atom stereocenters. The van der Waals surface area contributed by atoms with Crippen molar-refractivity contribution in [1.29, 1.82) is 0 Å². The molecule has 0 atom stereocenters. The molecule has 0 spiro atoms. The van der Waals surface area contributed by atoms with E-state index >= 15 is 0 Å². The van der Waals surface area contributed by atoms with Crippen molar-refractivity contribution in [2.75, 3.05) is 49.8 Å². The summed E-state index contributed by atoms with van der Waals surface area (Å²) in [7, 11) is 4.79. The third-order valence-electron chi connectivity index (χ3n) is 7.56. The van der Waals surface area contributed by atoms with Gasteiger partial charge in [-0.15, -0.1) is 0 Å². The molecule has 0 aliphatic heterocycles. The van der Waals surface area contributed by atoms with Crippen LogP contribution in [0.1, 0.15) is 38.5 Å². The Balaban J connectivity index is 4.94. The summed E-state index contributed by atoms with van der Waals surface area (Å²) in [6, 6.07) is 6.71. The van der Waals surface area contributed by atoms with Crippen LogP contribution in [-0.2, 0) is 31.0 Å². The summed E-state index contributed by atoms with van der Waals surface area (Å²) in [6.07, 6.45) is 6.96. The molecule has 33 heavy (non-hydrogen) atoms. The van der Waals surface area contributed by atoms with E-state index in [2.05, 4.69) is 19.6 Å². The lowest BCUT2D eigenvalue weighted by Crippen LogP contribution is -2.39. The Kier molecular flexibility index (Phi) is 17.4. The number of unbranched alkanes of at least 4 members (excludes halogenated alkanes) is 3. The SMILES string of the molecule is CO[Si](CCCC[Si](C)(OC)OC)(CCCC[Si](C)(OC)OC)CCCC[Si](C)(OC)OC. The lowest BCUT2D eigenvalue weighted by atomic mass is 10.4. The quantitative estimate of drug-likeness (QED) is 0.122. The van der Waals surface area contributed by atoms with Gasteiger partial charge in [0.1, 0.15) is 0 Å². The van der Waals surface area contributed by atoms with Crippen LogP contribution in [0.4, 0.5) is 0 Å². The summed E-state index contributed by atoms with van der Waals surface area (Å²) in [5.41, 5.74) is 0. The Morgan fingerprint density at radius 2 is 0.545 bits per heavy atom. The average Bonchev–Trinajstić information content (AvgIpc) is 2.86. The summed E-state index contributed by atoms with van der Waals surface area (Å²) in [5.74, 6) is 0. The van der Waals surface area contributed by atoms with E-state index in [1.165, 1.54) is 37.4 Å². The van der Waals surface area contributed by atoms with E-state index in [1.807, 2.05) is 7.11 Å². The number of hydrogen-bond acceptors (Lipinski definition) is 7. The first-order chi connectivity index (χ1) is 15.5. The molecular formula is C22H54O7Si4. The van der Waals surface area contributed by atoms with E-state index in [4.69, 9.17) is 31.0 Å². The van der Waals surface area contributed by atoms with Crippen molar-refractivity contribution in [2.45, 2.75) is 94.4 Å². The second-order valence-corrected chi connectivity index (χ2v) is 24.7. The van der Waals surface area contributed by atoms with Gasteiger partial charge in [-0.25, -0.2) is 0 Å². The average molecular weight is 543 g/mol. The summed E-state index contributed by atoms with van der Waals surface area (Å²) >= 11 is 0. The minimum absolute atomic E-state index is 1.03. The van der Waals surface area contributed by atoms with Crippen LogP contribution >= 0.6 is 0 Å². The van der Waals surface area contributed by atoms with Crippen LogP contribution in [0, 0.1) is 0 Å². The van der Waals surface area contributed by atoms with Gasteiger partial charge < -0.3 is 31.0 Å². The number of rotatable bonds is 22. The summed E-state index contributed by atoms with van der Waals surface area (Å²) < 4.78 is 40.4. The van der Waals surface area contributed by atoms with Gasteiger partial charge in [-0.05, 0) is 55.9 Å². The van der Waals surface area contributed by atoms with Crippen LogP contribution in [-0.4, -0.2) is 83.8 Å². The molecule has 0 aliphatic rings. The molecule has 7 nitrogen and oxygen atoms in total. The van der Waals surface area contributed by atoms with Crippen LogP contribution in [0.3, 0.4) is 0 Å². The van der Waals surface area contributed by atoms with Crippen LogP contribution in [0.15, 0.2) is 0 Å². The summed E-state index contributed by atoms with van der Waals surface area (Å²) in [5, 5.41) is 0. The molecular weight excluding hydrogens is 489 g/mol. The van der Waals surface area contributed by atoms with Crippen molar-refractivity contribution in [3.63, 3.8) is 0 Å². The molecule has 0 heterocycles. The Bertz CT molecular complexity index is 423. The molecule has 0 saturated carbocycles. The first-order valence-electron chi connectivity index (χ1n) is 12.4. The molecule has 0 bridgehead atoms. The standard InChI is InChI=1S/C22H54O7Si4/c1-23-30(8,24-2)17-11-14-20-33(29-7,21-15-12-18-31(9,25-3)26-4)22-16-13-19-32(10,27-5)28-6/h11-22H2,1-10H3. The first-order valence-corrected chi connectivity index (χ1v) is 22.5. The Hall–Kier alpha value is 0.588. The van der Waals surface area contributed by atoms with Gasteiger partial charge in [-0.2, -0.15) is 0 Å². The molecule has 0 aromatic heterocycles. The molecule has 0 radical (unpaired) electrons. The van der Waals surface area contributed by atoms with Crippen molar-refractivity contribution >= 4 is 34.0 Å². The highest BCUT2D eigenvalue weighted by molar-refractivity contribution is 6.74. The van der Waals surface area contributed by atoms with Crippen LogP contribution in [0.25, 0.3) is 0 Å². The monoisotopic (exact) mass is 542 g/mol. The van der Waals surface area contributed by atoms with Crippen LogP contribution in [0.2, 0.25) is 55.9 Å². The number of hydrogen-bond donors (Lipinski definition) is 0. The van der Waals surface area contributed by atoms with E-state index in [0.717, 1.165) is 37.4 Å². The zero-order valence-electron chi connectivity index (χ0n) is 23.3. The van der Waals surface area contributed by atoms with Crippen molar-refractivity contribution < 1.29 is 31.0 Å². The largest absolute Gasteiger partial charge is 0.420 e. The van der Waals surface area contributed by atoms with Crippen LogP contribution < -0.4 is 0 Å². The highest BCUT2D eigenvalue weighted by atomic mass is 28.4. The van der Waals surface area contributed by atoms with E-state index < -0.39 is 34.0 Å². The third kappa shape index (κ3) is 12.9. The van der Waals surface area contributed by atoms with Gasteiger partial charge in [0.15, 0.2) is 8.32 Å². The van der Waals surface area contributed by atoms with Gasteiger partial charge in [0.25, 0.3) is 0 Å². The smallest absolute Gasteiger partial charge is 0.334 e. The van der Waals surface area contributed by atoms with E-state index in [1.54, 1.807) is 42.7 Å².